The van der Waals surface area contributed by atoms with Crippen LogP contribution in [-0.4, -0.2) is 12.9 Å². The van der Waals surface area contributed by atoms with E-state index < -0.39 is 5.63 Å². The van der Waals surface area contributed by atoms with Crippen LogP contribution in [0.1, 0.15) is 29.2 Å². The fourth-order valence-corrected chi connectivity index (χ4v) is 3.16. The van der Waals surface area contributed by atoms with Crippen molar-refractivity contribution in [2.75, 3.05) is 7.11 Å². The number of rotatable bonds is 6. The van der Waals surface area contributed by atoms with Gasteiger partial charge in [-0.15, -0.1) is 0 Å². The van der Waals surface area contributed by atoms with E-state index in [1.54, 1.807) is 7.11 Å². The van der Waals surface area contributed by atoms with Crippen LogP contribution >= 0.6 is 0 Å². The highest BCUT2D eigenvalue weighted by Gasteiger charge is 2.16. The van der Waals surface area contributed by atoms with Gasteiger partial charge in [-0.05, 0) is 44.5 Å². The molecular weight excluding hydrogens is 344 g/mol. The first-order valence-electron chi connectivity index (χ1n) is 8.72. The van der Waals surface area contributed by atoms with E-state index in [9.17, 15) is 9.59 Å². The molecule has 0 fully saturated rings. The Bertz CT molecular complexity index is 1060. The van der Waals surface area contributed by atoms with E-state index >= 15 is 0 Å². The number of benzene rings is 2. The molecule has 0 amide bonds. The van der Waals surface area contributed by atoms with E-state index in [4.69, 9.17) is 13.9 Å². The fourth-order valence-electron chi connectivity index (χ4n) is 3.16. The summed E-state index contributed by atoms with van der Waals surface area (Å²) in [5.41, 5.74) is 2.88. The number of para-hydroxylation sites is 1. The first-order chi connectivity index (χ1) is 12.9. The average molecular weight is 366 g/mol. The molecule has 0 saturated carbocycles. The van der Waals surface area contributed by atoms with Crippen molar-refractivity contribution >= 4 is 16.8 Å². The zero-order valence-corrected chi connectivity index (χ0v) is 15.9. The number of Topliss-reactive ketones (excluding diaryl/α,β-unsaturated/α-hetero) is 1. The molecule has 0 atom stereocenters. The number of ketones is 1. The highest BCUT2D eigenvalue weighted by atomic mass is 16.5. The lowest BCUT2D eigenvalue weighted by Gasteiger charge is -2.14. The molecule has 3 rings (SSSR count). The molecule has 1 aromatic heterocycles. The molecule has 0 radical (unpaired) electrons. The molecule has 0 aliphatic heterocycles. The second-order valence-corrected chi connectivity index (χ2v) is 6.54. The van der Waals surface area contributed by atoms with Crippen molar-refractivity contribution in [3.8, 4) is 11.5 Å². The van der Waals surface area contributed by atoms with Gasteiger partial charge in [0.2, 0.25) is 0 Å². The standard InChI is InChI=1S/C22H22O5/c1-13(23)11-18-14(2)17-9-10-19(15(3)21(17)27-22(18)24)26-12-16-7-5-6-8-20(16)25-4/h5-10H,11-12H2,1-4H3. The summed E-state index contributed by atoms with van der Waals surface area (Å²) in [6.07, 6.45) is 0.0786. The summed E-state index contributed by atoms with van der Waals surface area (Å²) in [6.45, 7) is 5.49. The van der Waals surface area contributed by atoms with Crippen LogP contribution < -0.4 is 15.1 Å². The third-order valence-corrected chi connectivity index (χ3v) is 4.66. The second-order valence-electron chi connectivity index (χ2n) is 6.54. The van der Waals surface area contributed by atoms with Crippen molar-refractivity contribution in [1.29, 1.82) is 0 Å². The maximum absolute atomic E-state index is 12.3. The topological polar surface area (TPSA) is 65.7 Å². The maximum Gasteiger partial charge on any atom is 0.340 e. The quantitative estimate of drug-likeness (QED) is 0.614. The largest absolute Gasteiger partial charge is 0.496 e. The van der Waals surface area contributed by atoms with Gasteiger partial charge in [-0.3, -0.25) is 4.79 Å². The number of hydrogen-bond donors (Lipinski definition) is 0. The fraction of sp³-hybridized carbons (Fsp3) is 0.273. The first kappa shape index (κ1) is 18.7. The van der Waals surface area contributed by atoms with Crippen molar-refractivity contribution < 1.29 is 18.7 Å². The van der Waals surface area contributed by atoms with Gasteiger partial charge >= 0.3 is 5.63 Å². The number of fused-ring (bicyclic) bond motifs is 1. The zero-order valence-electron chi connectivity index (χ0n) is 15.9. The van der Waals surface area contributed by atoms with Crippen molar-refractivity contribution in [1.82, 2.24) is 0 Å². The monoisotopic (exact) mass is 366 g/mol. The molecule has 0 N–H and O–H groups in total. The first-order valence-corrected chi connectivity index (χ1v) is 8.72. The number of carbonyl (C=O) groups is 1. The molecule has 5 heteroatoms. The third-order valence-electron chi connectivity index (χ3n) is 4.66. The van der Waals surface area contributed by atoms with Crippen LogP contribution in [0.5, 0.6) is 11.5 Å². The summed E-state index contributed by atoms with van der Waals surface area (Å²) in [5, 5.41) is 0.813. The molecule has 0 saturated heterocycles. The van der Waals surface area contributed by atoms with Gasteiger partial charge in [0.1, 0.15) is 29.5 Å². The van der Waals surface area contributed by atoms with E-state index in [0.717, 1.165) is 27.8 Å². The number of ether oxygens (including phenoxy) is 2. The minimum absolute atomic E-state index is 0.0711. The van der Waals surface area contributed by atoms with E-state index in [-0.39, 0.29) is 12.2 Å². The molecule has 27 heavy (non-hydrogen) atoms. The predicted molar refractivity (Wildman–Crippen MR) is 104 cm³/mol. The summed E-state index contributed by atoms with van der Waals surface area (Å²) in [6, 6.07) is 11.4. The third kappa shape index (κ3) is 3.72. The average Bonchev–Trinajstić information content (AvgIpc) is 2.65. The van der Waals surface area contributed by atoms with Crippen LogP contribution in [0.15, 0.2) is 45.6 Å². The lowest BCUT2D eigenvalue weighted by Crippen LogP contribution is -2.14. The minimum Gasteiger partial charge on any atom is -0.496 e. The van der Waals surface area contributed by atoms with Gasteiger partial charge in [0.25, 0.3) is 0 Å². The minimum atomic E-state index is -0.472. The van der Waals surface area contributed by atoms with Crippen molar-refractivity contribution in [2.24, 2.45) is 0 Å². The molecule has 5 nitrogen and oxygen atoms in total. The smallest absolute Gasteiger partial charge is 0.340 e. The molecule has 140 valence electrons. The van der Waals surface area contributed by atoms with E-state index in [1.165, 1.54) is 6.92 Å². The number of methoxy groups -OCH3 is 1. The lowest BCUT2D eigenvalue weighted by atomic mass is 10.0. The summed E-state index contributed by atoms with van der Waals surface area (Å²) in [5.74, 6) is 1.32. The predicted octanol–water partition coefficient (Wildman–Crippen LogP) is 4.13. The Hall–Kier alpha value is -3.08. The molecule has 3 aromatic rings. The molecule has 2 aromatic carbocycles. The molecule has 0 aliphatic carbocycles. The van der Waals surface area contributed by atoms with Crippen LogP contribution in [0.4, 0.5) is 0 Å². The lowest BCUT2D eigenvalue weighted by molar-refractivity contribution is -0.116. The highest BCUT2D eigenvalue weighted by Crippen LogP contribution is 2.30. The summed E-state index contributed by atoms with van der Waals surface area (Å²) in [7, 11) is 1.62. The normalized spacial score (nSPS) is 10.8. The Balaban J connectivity index is 1.98. The summed E-state index contributed by atoms with van der Waals surface area (Å²) >= 11 is 0. The Labute approximate surface area is 157 Å². The molecular formula is C22H22O5. The number of hydrogen-bond acceptors (Lipinski definition) is 5. The van der Waals surface area contributed by atoms with Crippen LogP contribution in [-0.2, 0) is 17.8 Å². The van der Waals surface area contributed by atoms with Gasteiger partial charge in [-0.1, -0.05) is 18.2 Å². The molecule has 1 heterocycles. The summed E-state index contributed by atoms with van der Waals surface area (Å²) in [4.78, 5) is 23.8. The van der Waals surface area contributed by atoms with Crippen molar-refractivity contribution in [3.05, 3.63) is 69.1 Å². The summed E-state index contributed by atoms with van der Waals surface area (Å²) < 4.78 is 16.8. The van der Waals surface area contributed by atoms with Gasteiger partial charge in [0.05, 0.1) is 7.11 Å². The van der Waals surface area contributed by atoms with Gasteiger partial charge in [-0.2, -0.15) is 0 Å². The maximum atomic E-state index is 12.3. The van der Waals surface area contributed by atoms with Crippen LogP contribution in [0.25, 0.3) is 11.0 Å². The number of aryl methyl sites for hydroxylation is 2. The molecule has 0 unspecified atom stereocenters. The van der Waals surface area contributed by atoms with Gasteiger partial charge in [-0.25, -0.2) is 4.79 Å². The molecule has 0 bridgehead atoms. The van der Waals surface area contributed by atoms with E-state index in [0.29, 0.717) is 23.5 Å². The van der Waals surface area contributed by atoms with E-state index in [1.807, 2.05) is 50.2 Å². The number of carbonyl (C=O) groups excluding carboxylic acids is 1. The van der Waals surface area contributed by atoms with Gasteiger partial charge < -0.3 is 13.9 Å². The van der Waals surface area contributed by atoms with Gasteiger partial charge in [0, 0.05) is 28.5 Å². The van der Waals surface area contributed by atoms with Crippen molar-refractivity contribution in [3.63, 3.8) is 0 Å². The zero-order chi connectivity index (χ0) is 19.6. The van der Waals surface area contributed by atoms with E-state index in [2.05, 4.69) is 0 Å². The molecule has 0 aliphatic rings. The van der Waals surface area contributed by atoms with Crippen molar-refractivity contribution in [2.45, 2.75) is 33.8 Å². The Morgan fingerprint density at radius 1 is 1.04 bits per heavy atom. The molecule has 0 spiro atoms. The Morgan fingerprint density at radius 3 is 2.48 bits per heavy atom. The van der Waals surface area contributed by atoms with Crippen LogP contribution in [0.3, 0.4) is 0 Å². The highest BCUT2D eigenvalue weighted by molar-refractivity contribution is 5.87. The Kier molecular flexibility index (Phi) is 5.31. The SMILES string of the molecule is COc1ccccc1COc1ccc2c(C)c(CC(C)=O)c(=O)oc2c1C. The second kappa shape index (κ2) is 7.66. The van der Waals surface area contributed by atoms with Gasteiger partial charge in [0.15, 0.2) is 0 Å². The van der Waals surface area contributed by atoms with Crippen LogP contribution in [0.2, 0.25) is 0 Å². The Morgan fingerprint density at radius 2 is 1.78 bits per heavy atom. The van der Waals surface area contributed by atoms with Crippen LogP contribution in [0, 0.1) is 13.8 Å².